The Kier molecular flexibility index (Phi) is 7.62. The van der Waals surface area contributed by atoms with Gasteiger partial charge in [0.2, 0.25) is 0 Å². The Balaban J connectivity index is 2.66. The predicted molar refractivity (Wildman–Crippen MR) is 99.4 cm³/mol. The van der Waals surface area contributed by atoms with Crippen molar-refractivity contribution in [2.45, 2.75) is 31.0 Å². The second kappa shape index (κ2) is 9.76. The molecule has 0 saturated carbocycles. The number of hydrogen-bond donors (Lipinski definition) is 0. The first-order valence-electron chi connectivity index (χ1n) is 8.85. The first-order valence-corrected chi connectivity index (χ1v) is 8.85. The quantitative estimate of drug-likeness (QED) is 0.437. The molecule has 1 aliphatic rings. The molecule has 1 aromatic rings. The van der Waals surface area contributed by atoms with Crippen LogP contribution in [0.4, 0.5) is 13.2 Å². The van der Waals surface area contributed by atoms with Gasteiger partial charge in [0.15, 0.2) is 0 Å². The van der Waals surface area contributed by atoms with E-state index in [0.29, 0.717) is 0 Å². The number of rotatable bonds is 9. The van der Waals surface area contributed by atoms with Crippen molar-refractivity contribution < 1.29 is 32.5 Å². The van der Waals surface area contributed by atoms with Crippen LogP contribution >= 0.6 is 0 Å². The minimum atomic E-state index is -4.61. The summed E-state index contributed by atoms with van der Waals surface area (Å²) < 4.78 is 48.6. The molecular formula is C18H20F3N3O6. The number of methoxy groups -OCH3 is 2. The number of benzene rings is 1. The van der Waals surface area contributed by atoms with Crippen LogP contribution in [0.2, 0.25) is 0 Å². The van der Waals surface area contributed by atoms with E-state index in [4.69, 9.17) is 9.47 Å². The molecule has 0 aliphatic carbocycles. The largest absolute Gasteiger partial charge is 0.416 e. The van der Waals surface area contributed by atoms with E-state index < -0.39 is 39.2 Å². The molecule has 0 fully saturated rings. The molecule has 0 bridgehead atoms. The van der Waals surface area contributed by atoms with Crippen LogP contribution in [0.25, 0.3) is 0 Å². The number of alkyl halides is 3. The third kappa shape index (κ3) is 5.19. The highest BCUT2D eigenvalue weighted by Crippen LogP contribution is 2.39. The van der Waals surface area contributed by atoms with Crippen LogP contribution < -0.4 is 0 Å². The Labute approximate surface area is 169 Å². The molecule has 30 heavy (non-hydrogen) atoms. The monoisotopic (exact) mass is 431 g/mol. The topological polar surface area (TPSA) is 117 Å². The van der Waals surface area contributed by atoms with Gasteiger partial charge in [0.05, 0.1) is 29.4 Å². The van der Waals surface area contributed by atoms with Crippen LogP contribution in [0.3, 0.4) is 0 Å². The predicted octanol–water partition coefficient (Wildman–Crippen LogP) is 3.45. The van der Waals surface area contributed by atoms with Crippen LogP contribution in [0, 0.1) is 20.2 Å². The van der Waals surface area contributed by atoms with Gasteiger partial charge in [-0.25, -0.2) is 4.99 Å². The van der Waals surface area contributed by atoms with Crippen molar-refractivity contribution in [1.29, 1.82) is 0 Å². The maximum Gasteiger partial charge on any atom is 0.416 e. The van der Waals surface area contributed by atoms with E-state index in [9.17, 15) is 33.4 Å². The van der Waals surface area contributed by atoms with E-state index in [-0.39, 0.29) is 43.0 Å². The summed E-state index contributed by atoms with van der Waals surface area (Å²) in [6.07, 6.45) is -4.55. The maximum atomic E-state index is 12.9. The summed E-state index contributed by atoms with van der Waals surface area (Å²) in [5.41, 5.74) is -1.40. The van der Waals surface area contributed by atoms with Gasteiger partial charge in [-0.3, -0.25) is 20.2 Å². The molecule has 0 amide bonds. The molecular weight excluding hydrogens is 411 g/mol. The molecule has 12 heteroatoms. The van der Waals surface area contributed by atoms with Crippen molar-refractivity contribution in [3.63, 3.8) is 0 Å². The van der Waals surface area contributed by atoms with E-state index in [1.807, 2.05) is 0 Å². The normalized spacial score (nSPS) is 19.6. The van der Waals surface area contributed by atoms with Crippen molar-refractivity contribution in [2.75, 3.05) is 27.4 Å². The first-order chi connectivity index (χ1) is 14.1. The average molecular weight is 431 g/mol. The number of nitro groups is 2. The molecule has 1 aromatic carbocycles. The SMILES string of the molecule is COCCC1=NC(CCOC)=C([N+](=O)[O-])C(c2ccc(C(F)(F)F)cc2)C1[N+](=O)[O-]. The molecule has 164 valence electrons. The molecule has 0 saturated heterocycles. The van der Waals surface area contributed by atoms with Gasteiger partial charge in [-0.05, 0) is 17.7 Å². The van der Waals surface area contributed by atoms with E-state index >= 15 is 0 Å². The van der Waals surface area contributed by atoms with E-state index in [1.54, 1.807) is 0 Å². The zero-order chi connectivity index (χ0) is 22.5. The maximum absolute atomic E-state index is 12.9. The molecule has 0 N–H and O–H groups in total. The average Bonchev–Trinajstić information content (AvgIpc) is 2.68. The Bertz CT molecular complexity index is 852. The number of halogens is 3. The lowest BCUT2D eigenvalue weighted by Gasteiger charge is -2.26. The van der Waals surface area contributed by atoms with E-state index in [0.717, 1.165) is 24.3 Å². The summed E-state index contributed by atoms with van der Waals surface area (Å²) in [6, 6.07) is 1.95. The summed E-state index contributed by atoms with van der Waals surface area (Å²) >= 11 is 0. The van der Waals surface area contributed by atoms with Crippen molar-refractivity contribution in [3.8, 4) is 0 Å². The highest BCUT2D eigenvalue weighted by molar-refractivity contribution is 5.92. The summed E-state index contributed by atoms with van der Waals surface area (Å²) in [6.45, 7) is 0.171. The Morgan fingerprint density at radius 1 is 1.03 bits per heavy atom. The molecule has 0 spiro atoms. The number of ether oxygens (including phenoxy) is 2. The minimum absolute atomic E-state index is 0.00375. The lowest BCUT2D eigenvalue weighted by atomic mass is 9.82. The summed E-state index contributed by atoms with van der Waals surface area (Å²) in [5.74, 6) is -1.41. The van der Waals surface area contributed by atoms with Gasteiger partial charge >= 0.3 is 6.18 Å². The highest BCUT2D eigenvalue weighted by atomic mass is 19.4. The molecule has 2 atom stereocenters. The third-order valence-electron chi connectivity index (χ3n) is 4.65. The number of nitrogens with zero attached hydrogens (tertiary/aromatic N) is 3. The van der Waals surface area contributed by atoms with Gasteiger partial charge in [-0.1, -0.05) is 12.1 Å². The number of aliphatic imine (C=N–C) groups is 1. The molecule has 0 radical (unpaired) electrons. The van der Waals surface area contributed by atoms with Gasteiger partial charge in [0.25, 0.3) is 11.7 Å². The van der Waals surface area contributed by atoms with Crippen LogP contribution in [0.15, 0.2) is 40.7 Å². The molecule has 1 heterocycles. The Morgan fingerprint density at radius 2 is 1.60 bits per heavy atom. The second-order valence-corrected chi connectivity index (χ2v) is 6.51. The van der Waals surface area contributed by atoms with Gasteiger partial charge in [-0.2, -0.15) is 13.2 Å². The van der Waals surface area contributed by atoms with E-state index in [2.05, 4.69) is 4.99 Å². The van der Waals surface area contributed by atoms with Gasteiger partial charge in [0.1, 0.15) is 11.6 Å². The third-order valence-corrected chi connectivity index (χ3v) is 4.65. The van der Waals surface area contributed by atoms with Crippen LogP contribution in [-0.4, -0.2) is 49.0 Å². The second-order valence-electron chi connectivity index (χ2n) is 6.51. The first kappa shape index (κ1) is 23.4. The molecule has 9 nitrogen and oxygen atoms in total. The van der Waals surface area contributed by atoms with Gasteiger partial charge < -0.3 is 9.47 Å². The summed E-state index contributed by atoms with van der Waals surface area (Å²) in [7, 11) is 2.78. The molecule has 1 aliphatic heterocycles. The van der Waals surface area contributed by atoms with Crippen molar-refractivity contribution in [3.05, 3.63) is 67.0 Å². The summed E-state index contributed by atoms with van der Waals surface area (Å²) in [4.78, 5) is 26.4. The van der Waals surface area contributed by atoms with E-state index in [1.165, 1.54) is 14.2 Å². The summed E-state index contributed by atoms with van der Waals surface area (Å²) in [5, 5.41) is 23.7. The fourth-order valence-electron chi connectivity index (χ4n) is 3.29. The Morgan fingerprint density at radius 3 is 2.07 bits per heavy atom. The van der Waals surface area contributed by atoms with Gasteiger partial charge in [-0.15, -0.1) is 0 Å². The fraction of sp³-hybridized carbons (Fsp3) is 0.500. The zero-order valence-corrected chi connectivity index (χ0v) is 16.2. The number of hydrogen-bond acceptors (Lipinski definition) is 7. The lowest BCUT2D eigenvalue weighted by molar-refractivity contribution is -0.516. The molecule has 2 rings (SSSR count). The Hall–Kier alpha value is -2.86. The van der Waals surface area contributed by atoms with Crippen molar-refractivity contribution in [1.82, 2.24) is 0 Å². The zero-order valence-electron chi connectivity index (χ0n) is 16.2. The van der Waals surface area contributed by atoms with Crippen molar-refractivity contribution >= 4 is 5.71 Å². The van der Waals surface area contributed by atoms with Crippen LogP contribution in [0.5, 0.6) is 0 Å². The lowest BCUT2D eigenvalue weighted by Crippen LogP contribution is -2.41. The standard InChI is InChI=1S/C18H20F3N3O6/c1-29-9-7-13-16(23(25)26)15(11-3-5-12(6-4-11)18(19,20)21)17(24(27)28)14(22-13)8-10-30-2/h3-6,15-16H,7-10H2,1-2H3. The smallest absolute Gasteiger partial charge is 0.384 e. The van der Waals surface area contributed by atoms with Crippen LogP contribution in [-0.2, 0) is 15.7 Å². The minimum Gasteiger partial charge on any atom is -0.384 e. The van der Waals surface area contributed by atoms with Crippen LogP contribution in [0.1, 0.15) is 29.9 Å². The molecule has 0 aromatic heterocycles. The molecule has 2 unspecified atom stereocenters. The van der Waals surface area contributed by atoms with Crippen molar-refractivity contribution in [2.24, 2.45) is 4.99 Å². The fourth-order valence-corrected chi connectivity index (χ4v) is 3.29. The highest BCUT2D eigenvalue weighted by Gasteiger charge is 2.49. The van der Waals surface area contributed by atoms with Gasteiger partial charge in [0, 0.05) is 32.0 Å².